The predicted molar refractivity (Wildman–Crippen MR) is 250 cm³/mol. The van der Waals surface area contributed by atoms with Crippen molar-refractivity contribution in [3.05, 3.63) is 115 Å². The van der Waals surface area contributed by atoms with Gasteiger partial charge in [-0.3, -0.25) is 4.79 Å². The first-order valence-corrected chi connectivity index (χ1v) is 22.5. The van der Waals surface area contributed by atoms with Gasteiger partial charge in [-0.1, -0.05) is 37.6 Å². The van der Waals surface area contributed by atoms with Gasteiger partial charge in [-0.05, 0) is 60.7 Å². The number of benzene rings is 4. The Morgan fingerprint density at radius 2 is 0.985 bits per heavy atom. The molecule has 2 heterocycles. The molecule has 0 fully saturated rings. The van der Waals surface area contributed by atoms with E-state index in [0.717, 1.165) is 5.69 Å². The second kappa shape index (κ2) is 26.4. The van der Waals surface area contributed by atoms with Crippen LogP contribution in [0.2, 0.25) is 5.15 Å². The molecule has 4 aromatic carbocycles. The molecule has 0 aliphatic carbocycles. The van der Waals surface area contributed by atoms with Crippen molar-refractivity contribution in [3.8, 4) is 23.0 Å². The van der Waals surface area contributed by atoms with Gasteiger partial charge < -0.3 is 40.6 Å². The Bertz CT molecular complexity index is 2730. The molecule has 0 amide bonds. The molecular formula is C42H47Cl2F3N8O9S2. The lowest BCUT2D eigenvalue weighted by Crippen LogP contribution is -2.07. The first-order valence-electron chi connectivity index (χ1n) is 18.8. The number of nitrogens with one attached hydrogen (secondary N) is 3. The summed E-state index contributed by atoms with van der Waals surface area (Å²) in [6.07, 6.45) is -2.96. The number of rotatable bonds is 14. The van der Waals surface area contributed by atoms with E-state index in [4.69, 9.17) is 41.1 Å². The number of carbonyl (C=O) groups is 1. The fourth-order valence-electron chi connectivity index (χ4n) is 4.97. The Kier molecular flexibility index (Phi) is 22.2. The minimum Gasteiger partial charge on any atom is -0.493 e. The van der Waals surface area contributed by atoms with Crippen molar-refractivity contribution in [3.63, 3.8) is 0 Å². The van der Waals surface area contributed by atoms with Gasteiger partial charge in [0.15, 0.2) is 42.7 Å². The van der Waals surface area contributed by atoms with Crippen LogP contribution in [-0.2, 0) is 24.5 Å². The van der Waals surface area contributed by atoms with Crippen molar-refractivity contribution < 1.29 is 53.7 Å². The van der Waals surface area contributed by atoms with Crippen LogP contribution >= 0.6 is 24.0 Å². The highest BCUT2D eigenvalue weighted by atomic mass is 35.5. The number of hydrogen-bond donors (Lipinski definition) is 4. The van der Waals surface area contributed by atoms with Crippen LogP contribution in [0.3, 0.4) is 0 Å². The molecule has 0 atom stereocenters. The molecule has 356 valence electrons. The summed E-state index contributed by atoms with van der Waals surface area (Å²) in [6.45, 7) is 3.23. The summed E-state index contributed by atoms with van der Waals surface area (Å²) in [5.74, 6) is 4.28. The van der Waals surface area contributed by atoms with E-state index in [1.54, 1.807) is 133 Å². The number of sulfone groups is 2. The zero-order chi connectivity index (χ0) is 48.2. The number of nitrogens with zero attached hydrogens (tertiary/aromatic N) is 4. The molecule has 0 saturated heterocycles. The molecule has 0 aliphatic heterocycles. The SMILES string of the molecule is CCS(=O)(=O)c1cccc(Nc2cc(Cl)ncn2)c1.CCS(=O)(=O)c1cccc(Nc2cc(Nc3ccc(OC)c(OC)c3)ncn2)c1.COc1ccc(N)cc1OC.Cl.O=CC(F)(F)F. The lowest BCUT2D eigenvalue weighted by Gasteiger charge is -2.12. The smallest absolute Gasteiger partial charge is 0.446 e. The van der Waals surface area contributed by atoms with Crippen LogP contribution < -0.4 is 40.6 Å². The minimum absolute atomic E-state index is 0. The van der Waals surface area contributed by atoms with Crippen molar-refractivity contribution in [2.75, 3.05) is 61.6 Å². The highest BCUT2D eigenvalue weighted by Crippen LogP contribution is 2.32. The van der Waals surface area contributed by atoms with Gasteiger partial charge in [0.25, 0.3) is 0 Å². The number of nitrogens with two attached hydrogens (primary N) is 1. The summed E-state index contributed by atoms with van der Waals surface area (Å²) in [5, 5.41) is 9.58. The molecule has 6 aromatic rings. The van der Waals surface area contributed by atoms with Crippen molar-refractivity contribution in [1.82, 2.24) is 19.9 Å². The maximum absolute atomic E-state index is 12.1. The lowest BCUT2D eigenvalue weighted by molar-refractivity contribution is -0.156. The molecule has 0 radical (unpaired) electrons. The van der Waals surface area contributed by atoms with Gasteiger partial charge in [0, 0.05) is 47.0 Å². The van der Waals surface area contributed by atoms with E-state index in [1.165, 1.54) is 12.7 Å². The standard InChI is InChI=1S/C20H22N4O4S.C12H12ClN3O2S.C8H11NO2.C2HF3O.ClH/c1-4-29(25,26)16-7-5-6-14(10-16)23-19-12-20(22-13-21-19)24-15-8-9-17(27-2)18(11-15)28-3;1-2-19(17,18)10-5-3-4-9(6-10)16-12-7-11(13)14-8-15-12;1-10-7-4-3-6(9)5-8(7)11-2;3-2(4,5)1-6;/h5-13H,4H2,1-3H3,(H2,21,22,23,24);3-8H,2H2,1H3,(H,14,15,16);3-5H,9H2,1-2H3;1H;1H. The highest BCUT2D eigenvalue weighted by molar-refractivity contribution is 7.91. The highest BCUT2D eigenvalue weighted by Gasteiger charge is 2.25. The number of carbonyl (C=O) groups excluding carboxylic acids is 1. The second-order valence-electron chi connectivity index (χ2n) is 12.6. The molecule has 5 N–H and O–H groups in total. The maximum Gasteiger partial charge on any atom is 0.446 e. The van der Waals surface area contributed by atoms with Gasteiger partial charge in [0.05, 0.1) is 49.7 Å². The van der Waals surface area contributed by atoms with Crippen molar-refractivity contribution in [1.29, 1.82) is 0 Å². The topological polar surface area (TPSA) is 236 Å². The summed E-state index contributed by atoms with van der Waals surface area (Å²) in [4.78, 5) is 25.4. The van der Waals surface area contributed by atoms with Crippen LogP contribution in [0.1, 0.15) is 13.8 Å². The van der Waals surface area contributed by atoms with Crippen LogP contribution in [0.4, 0.5) is 53.4 Å². The molecule has 0 aliphatic rings. The van der Waals surface area contributed by atoms with Gasteiger partial charge in [0.1, 0.15) is 35.3 Å². The van der Waals surface area contributed by atoms with E-state index in [9.17, 15) is 30.0 Å². The molecule has 2 aromatic heterocycles. The first kappa shape index (κ1) is 55.5. The Morgan fingerprint density at radius 1 is 0.591 bits per heavy atom. The third kappa shape index (κ3) is 18.1. The monoisotopic (exact) mass is 998 g/mol. The number of alkyl halides is 3. The number of hydrogen-bond acceptors (Lipinski definition) is 17. The molecule has 0 saturated carbocycles. The number of anilines is 7. The summed E-state index contributed by atoms with van der Waals surface area (Å²) in [5.41, 5.74) is 8.21. The second-order valence-corrected chi connectivity index (χ2v) is 17.5. The van der Waals surface area contributed by atoms with Crippen molar-refractivity contribution in [2.24, 2.45) is 0 Å². The van der Waals surface area contributed by atoms with Gasteiger partial charge >= 0.3 is 6.18 Å². The largest absolute Gasteiger partial charge is 0.493 e. The Hall–Kier alpha value is -6.62. The number of methoxy groups -OCH3 is 4. The van der Waals surface area contributed by atoms with E-state index in [2.05, 4.69) is 35.9 Å². The molecule has 0 spiro atoms. The zero-order valence-corrected chi connectivity index (χ0v) is 39.4. The number of aldehydes is 1. The number of aromatic nitrogens is 4. The third-order valence-corrected chi connectivity index (χ3v) is 11.9. The summed E-state index contributed by atoms with van der Waals surface area (Å²) in [6, 6.07) is 27.2. The third-order valence-electron chi connectivity index (χ3n) is 8.19. The van der Waals surface area contributed by atoms with Crippen LogP contribution in [0.15, 0.2) is 120 Å². The average Bonchev–Trinajstić information content (AvgIpc) is 3.29. The first-order chi connectivity index (χ1) is 30.8. The molecule has 24 heteroatoms. The molecule has 0 unspecified atom stereocenters. The van der Waals surface area contributed by atoms with Crippen molar-refractivity contribution in [2.45, 2.75) is 29.8 Å². The maximum atomic E-state index is 12.1. The normalized spacial score (nSPS) is 10.6. The van der Waals surface area contributed by atoms with Crippen LogP contribution in [0, 0.1) is 0 Å². The van der Waals surface area contributed by atoms with Crippen molar-refractivity contribution >= 4 is 90.2 Å². The number of halogens is 5. The summed E-state index contributed by atoms with van der Waals surface area (Å²) in [7, 11) is -0.181. The molecule has 0 bridgehead atoms. The van der Waals surface area contributed by atoms with Gasteiger partial charge in [-0.25, -0.2) is 36.8 Å². The van der Waals surface area contributed by atoms with E-state index in [0.29, 0.717) is 62.7 Å². The molecule has 66 heavy (non-hydrogen) atoms. The quantitative estimate of drug-likeness (QED) is 0.0453. The Balaban J connectivity index is 0.000000345. The fourth-order valence-corrected chi connectivity index (χ4v) is 6.97. The van der Waals surface area contributed by atoms with Gasteiger partial charge in [-0.15, -0.1) is 12.4 Å². The minimum atomic E-state index is -4.64. The van der Waals surface area contributed by atoms with Crippen LogP contribution in [-0.4, -0.2) is 89.2 Å². The van der Waals surface area contributed by atoms with E-state index in [1.807, 2.05) is 6.07 Å². The van der Waals surface area contributed by atoms with Gasteiger partial charge in [0.2, 0.25) is 6.29 Å². The van der Waals surface area contributed by atoms with E-state index < -0.39 is 32.1 Å². The number of nitrogen functional groups attached to an aromatic ring is 1. The van der Waals surface area contributed by atoms with E-state index in [-0.39, 0.29) is 33.7 Å². The summed E-state index contributed by atoms with van der Waals surface area (Å²) >= 11 is 5.75. The number of ether oxygens (including phenoxy) is 4. The Labute approximate surface area is 391 Å². The average molecular weight is 1000 g/mol. The molecule has 17 nitrogen and oxygen atoms in total. The molecule has 6 rings (SSSR count). The Morgan fingerprint density at radius 3 is 1.39 bits per heavy atom. The van der Waals surface area contributed by atoms with E-state index >= 15 is 0 Å². The van der Waals surface area contributed by atoms with Gasteiger partial charge in [-0.2, -0.15) is 13.2 Å². The zero-order valence-electron chi connectivity index (χ0n) is 36.2. The lowest BCUT2D eigenvalue weighted by atomic mass is 10.2. The van der Waals surface area contributed by atoms with Crippen LogP contribution in [0.25, 0.3) is 0 Å². The predicted octanol–water partition coefficient (Wildman–Crippen LogP) is 8.90. The summed E-state index contributed by atoms with van der Waals surface area (Å²) < 4.78 is 99.5. The molecular weight excluding hydrogens is 953 g/mol. The van der Waals surface area contributed by atoms with Crippen LogP contribution in [0.5, 0.6) is 23.0 Å². The fraction of sp³-hybridized carbons (Fsp3) is 0.214.